The minimum Gasteiger partial charge on any atom is -0.380 e. The molecule has 0 aliphatic carbocycles. The molecule has 1 aliphatic heterocycles. The van der Waals surface area contributed by atoms with E-state index in [0.717, 1.165) is 37.4 Å². The summed E-state index contributed by atoms with van der Waals surface area (Å²) in [5.41, 5.74) is 1.92. The van der Waals surface area contributed by atoms with Crippen LogP contribution in [0.4, 0.5) is 11.4 Å². The third kappa shape index (κ3) is 4.85. The number of carbonyl (C=O) groups is 1. The van der Waals surface area contributed by atoms with Crippen LogP contribution in [-0.2, 0) is 9.53 Å². The highest BCUT2D eigenvalue weighted by Gasteiger charge is 2.13. The predicted octanol–water partition coefficient (Wildman–Crippen LogP) is 3.26. The Hall–Kier alpha value is -1.55. The fourth-order valence-corrected chi connectivity index (χ4v) is 2.32. The van der Waals surface area contributed by atoms with Gasteiger partial charge in [0.15, 0.2) is 0 Å². The van der Waals surface area contributed by atoms with Crippen LogP contribution in [0, 0.1) is 5.92 Å². The van der Waals surface area contributed by atoms with E-state index in [1.165, 1.54) is 0 Å². The number of nitrogens with one attached hydrogen (secondary N) is 2. The van der Waals surface area contributed by atoms with Crippen LogP contribution in [0.2, 0.25) is 0 Å². The molecule has 0 unspecified atom stereocenters. The van der Waals surface area contributed by atoms with Gasteiger partial charge in [-0.15, -0.1) is 0 Å². The SMILES string of the molecule is CC(C)CC(=O)Nc1ccc(N[C@H]2CCCOC2)cc1. The maximum absolute atomic E-state index is 11.7. The Morgan fingerprint density at radius 3 is 2.60 bits per heavy atom. The summed E-state index contributed by atoms with van der Waals surface area (Å²) < 4.78 is 5.45. The first kappa shape index (κ1) is 14.9. The van der Waals surface area contributed by atoms with Gasteiger partial charge in [0.25, 0.3) is 0 Å². The van der Waals surface area contributed by atoms with Crippen molar-refractivity contribution >= 4 is 17.3 Å². The van der Waals surface area contributed by atoms with Crippen LogP contribution in [0.1, 0.15) is 33.1 Å². The fraction of sp³-hybridized carbons (Fsp3) is 0.562. The van der Waals surface area contributed by atoms with Crippen molar-refractivity contribution in [2.45, 2.75) is 39.2 Å². The summed E-state index contributed by atoms with van der Waals surface area (Å²) >= 11 is 0. The molecule has 0 bridgehead atoms. The summed E-state index contributed by atoms with van der Waals surface area (Å²) in [6, 6.07) is 8.26. The minimum atomic E-state index is 0.0707. The van der Waals surface area contributed by atoms with E-state index >= 15 is 0 Å². The Balaban J connectivity index is 1.84. The summed E-state index contributed by atoms with van der Waals surface area (Å²) in [5.74, 6) is 0.448. The standard InChI is InChI=1S/C16H24N2O2/c1-12(2)10-16(19)18-14-7-5-13(6-8-14)17-15-4-3-9-20-11-15/h5-8,12,15,17H,3-4,9-11H2,1-2H3,(H,18,19)/t15-/m0/s1. The largest absolute Gasteiger partial charge is 0.380 e. The van der Waals surface area contributed by atoms with Gasteiger partial charge in [0.1, 0.15) is 0 Å². The van der Waals surface area contributed by atoms with Gasteiger partial charge in [0.2, 0.25) is 5.91 Å². The smallest absolute Gasteiger partial charge is 0.224 e. The zero-order valence-electron chi connectivity index (χ0n) is 12.3. The van der Waals surface area contributed by atoms with Gasteiger partial charge in [-0.25, -0.2) is 0 Å². The van der Waals surface area contributed by atoms with Crippen LogP contribution in [0.3, 0.4) is 0 Å². The molecular formula is C16H24N2O2. The second-order valence-corrected chi connectivity index (χ2v) is 5.78. The molecule has 0 saturated carbocycles. The molecule has 4 heteroatoms. The zero-order valence-corrected chi connectivity index (χ0v) is 12.3. The third-order valence-corrected chi connectivity index (χ3v) is 3.29. The van der Waals surface area contributed by atoms with Crippen molar-refractivity contribution in [1.82, 2.24) is 0 Å². The number of rotatable bonds is 5. The highest BCUT2D eigenvalue weighted by molar-refractivity contribution is 5.90. The third-order valence-electron chi connectivity index (χ3n) is 3.29. The summed E-state index contributed by atoms with van der Waals surface area (Å²) in [5, 5.41) is 6.37. The first-order valence-corrected chi connectivity index (χ1v) is 7.37. The molecule has 1 aliphatic rings. The molecule has 1 atom stereocenters. The summed E-state index contributed by atoms with van der Waals surface area (Å²) in [6.45, 7) is 5.73. The molecular weight excluding hydrogens is 252 g/mol. The van der Waals surface area contributed by atoms with Crippen LogP contribution >= 0.6 is 0 Å². The lowest BCUT2D eigenvalue weighted by Crippen LogP contribution is -2.29. The predicted molar refractivity (Wildman–Crippen MR) is 82.0 cm³/mol. The number of ether oxygens (including phenoxy) is 1. The average molecular weight is 276 g/mol. The molecule has 4 nitrogen and oxygen atoms in total. The molecule has 1 aromatic carbocycles. The Kier molecular flexibility index (Phi) is 5.41. The quantitative estimate of drug-likeness (QED) is 0.868. The lowest BCUT2D eigenvalue weighted by Gasteiger charge is -2.24. The van der Waals surface area contributed by atoms with Crippen LogP contribution in [0.5, 0.6) is 0 Å². The van der Waals surface area contributed by atoms with Crippen LogP contribution < -0.4 is 10.6 Å². The maximum Gasteiger partial charge on any atom is 0.224 e. The van der Waals surface area contributed by atoms with Crippen molar-refractivity contribution in [1.29, 1.82) is 0 Å². The van der Waals surface area contributed by atoms with Gasteiger partial charge in [0, 0.05) is 30.4 Å². The minimum absolute atomic E-state index is 0.0707. The lowest BCUT2D eigenvalue weighted by atomic mass is 10.1. The molecule has 1 fully saturated rings. The number of amides is 1. The zero-order chi connectivity index (χ0) is 14.4. The highest BCUT2D eigenvalue weighted by Crippen LogP contribution is 2.17. The average Bonchev–Trinajstić information content (AvgIpc) is 2.41. The lowest BCUT2D eigenvalue weighted by molar-refractivity contribution is -0.116. The van der Waals surface area contributed by atoms with Crippen molar-refractivity contribution in [3.63, 3.8) is 0 Å². The number of hydrogen-bond acceptors (Lipinski definition) is 3. The van der Waals surface area contributed by atoms with Gasteiger partial charge in [-0.05, 0) is 43.0 Å². The van der Waals surface area contributed by atoms with E-state index < -0.39 is 0 Å². The van der Waals surface area contributed by atoms with Crippen molar-refractivity contribution in [3.05, 3.63) is 24.3 Å². The molecule has 1 saturated heterocycles. The molecule has 1 amide bonds. The summed E-state index contributed by atoms with van der Waals surface area (Å²) in [4.78, 5) is 11.7. The number of anilines is 2. The van der Waals surface area contributed by atoms with Gasteiger partial charge < -0.3 is 15.4 Å². The van der Waals surface area contributed by atoms with E-state index in [2.05, 4.69) is 10.6 Å². The van der Waals surface area contributed by atoms with Gasteiger partial charge in [-0.3, -0.25) is 4.79 Å². The molecule has 1 aromatic rings. The first-order valence-electron chi connectivity index (χ1n) is 7.37. The number of carbonyl (C=O) groups excluding carboxylic acids is 1. The Morgan fingerprint density at radius 2 is 2.00 bits per heavy atom. The van der Waals surface area contributed by atoms with Crippen molar-refractivity contribution < 1.29 is 9.53 Å². The van der Waals surface area contributed by atoms with Crippen molar-refractivity contribution in [2.24, 2.45) is 5.92 Å². The molecule has 2 N–H and O–H groups in total. The molecule has 1 heterocycles. The Labute approximate surface area is 120 Å². The molecule has 0 spiro atoms. The van der Waals surface area contributed by atoms with E-state index in [4.69, 9.17) is 4.74 Å². The Morgan fingerprint density at radius 1 is 1.30 bits per heavy atom. The second-order valence-electron chi connectivity index (χ2n) is 5.78. The molecule has 110 valence electrons. The van der Waals surface area contributed by atoms with E-state index in [-0.39, 0.29) is 5.91 Å². The van der Waals surface area contributed by atoms with Crippen LogP contribution in [-0.4, -0.2) is 25.2 Å². The van der Waals surface area contributed by atoms with E-state index in [9.17, 15) is 4.79 Å². The first-order chi connectivity index (χ1) is 9.63. The fourth-order valence-electron chi connectivity index (χ4n) is 2.32. The molecule has 2 rings (SSSR count). The van der Waals surface area contributed by atoms with Gasteiger partial charge >= 0.3 is 0 Å². The summed E-state index contributed by atoms with van der Waals surface area (Å²) in [6.07, 6.45) is 2.81. The maximum atomic E-state index is 11.7. The van der Waals surface area contributed by atoms with Crippen molar-refractivity contribution in [2.75, 3.05) is 23.8 Å². The Bertz CT molecular complexity index is 423. The van der Waals surface area contributed by atoms with Gasteiger partial charge in [-0.1, -0.05) is 13.8 Å². The number of benzene rings is 1. The normalized spacial score (nSPS) is 18.9. The summed E-state index contributed by atoms with van der Waals surface area (Å²) in [7, 11) is 0. The van der Waals surface area contributed by atoms with E-state index in [1.807, 2.05) is 38.1 Å². The molecule has 0 aromatic heterocycles. The van der Waals surface area contributed by atoms with Crippen molar-refractivity contribution in [3.8, 4) is 0 Å². The topological polar surface area (TPSA) is 50.4 Å². The van der Waals surface area contributed by atoms with Gasteiger partial charge in [-0.2, -0.15) is 0 Å². The van der Waals surface area contributed by atoms with E-state index in [1.54, 1.807) is 0 Å². The second kappa shape index (κ2) is 7.29. The van der Waals surface area contributed by atoms with Crippen LogP contribution in [0.25, 0.3) is 0 Å². The van der Waals surface area contributed by atoms with Crippen LogP contribution in [0.15, 0.2) is 24.3 Å². The monoisotopic (exact) mass is 276 g/mol. The van der Waals surface area contributed by atoms with E-state index in [0.29, 0.717) is 18.4 Å². The van der Waals surface area contributed by atoms with Gasteiger partial charge in [0.05, 0.1) is 6.61 Å². The number of hydrogen-bond donors (Lipinski definition) is 2. The molecule has 20 heavy (non-hydrogen) atoms. The molecule has 0 radical (unpaired) electrons. The highest BCUT2D eigenvalue weighted by atomic mass is 16.5.